The Morgan fingerprint density at radius 2 is 2.08 bits per heavy atom. The maximum Gasteiger partial charge on any atom is 0.00581 e. The highest BCUT2D eigenvalue weighted by atomic mass is 32.2. The van der Waals surface area contributed by atoms with Gasteiger partial charge in [0.25, 0.3) is 0 Å². The van der Waals surface area contributed by atoms with Gasteiger partial charge >= 0.3 is 0 Å². The van der Waals surface area contributed by atoms with Crippen molar-refractivity contribution in [2.45, 2.75) is 33.1 Å². The maximum absolute atomic E-state index is 3.51. The van der Waals surface area contributed by atoms with E-state index in [9.17, 15) is 0 Å². The molecule has 13 heavy (non-hydrogen) atoms. The molecule has 78 valence electrons. The largest absolute Gasteiger partial charge is 0.316 e. The molecule has 0 atom stereocenters. The van der Waals surface area contributed by atoms with Crippen LogP contribution in [0.1, 0.15) is 33.1 Å². The smallest absolute Gasteiger partial charge is 0.00581 e. The second-order valence-electron chi connectivity index (χ2n) is 4.44. The lowest BCUT2D eigenvalue weighted by Gasteiger charge is -2.05. The Bertz CT molecular complexity index is 115. The van der Waals surface area contributed by atoms with Gasteiger partial charge in [0.2, 0.25) is 0 Å². The van der Waals surface area contributed by atoms with Gasteiger partial charge < -0.3 is 5.32 Å². The predicted octanol–water partition coefficient (Wildman–Crippen LogP) is 2.77. The van der Waals surface area contributed by atoms with E-state index in [1.807, 2.05) is 0 Å². The molecule has 0 amide bonds. The lowest BCUT2D eigenvalue weighted by Crippen LogP contribution is -2.19. The van der Waals surface area contributed by atoms with E-state index in [0.717, 1.165) is 11.8 Å². The van der Waals surface area contributed by atoms with Gasteiger partial charge in [0, 0.05) is 12.3 Å². The van der Waals surface area contributed by atoms with Crippen molar-refractivity contribution in [3.05, 3.63) is 0 Å². The van der Waals surface area contributed by atoms with Crippen LogP contribution < -0.4 is 5.32 Å². The van der Waals surface area contributed by atoms with Crippen molar-refractivity contribution in [1.82, 2.24) is 5.32 Å². The van der Waals surface area contributed by atoms with Crippen LogP contribution in [-0.2, 0) is 0 Å². The van der Waals surface area contributed by atoms with Crippen LogP contribution in [0.4, 0.5) is 0 Å². The molecular formula is C11H23NS. The fourth-order valence-corrected chi connectivity index (χ4v) is 2.32. The van der Waals surface area contributed by atoms with Gasteiger partial charge in [-0.15, -0.1) is 0 Å². The molecule has 0 aromatic rings. The van der Waals surface area contributed by atoms with E-state index < -0.39 is 0 Å². The molecule has 2 heteroatoms. The summed E-state index contributed by atoms with van der Waals surface area (Å²) in [4.78, 5) is 0. The Labute approximate surface area is 87.1 Å². The summed E-state index contributed by atoms with van der Waals surface area (Å²) in [7, 11) is 0. The third kappa shape index (κ3) is 7.39. The normalized spacial score (nSPS) is 16.8. The fourth-order valence-electron chi connectivity index (χ4n) is 1.19. The first kappa shape index (κ1) is 11.4. The highest BCUT2D eigenvalue weighted by molar-refractivity contribution is 7.99. The van der Waals surface area contributed by atoms with Gasteiger partial charge in [-0.2, -0.15) is 11.8 Å². The molecule has 1 rings (SSSR count). The molecule has 1 N–H and O–H groups in total. The molecule has 0 aromatic heterocycles. The summed E-state index contributed by atoms with van der Waals surface area (Å²) >= 11 is 2.09. The molecule has 0 heterocycles. The first-order valence-electron chi connectivity index (χ1n) is 5.57. The second kappa shape index (κ2) is 6.72. The van der Waals surface area contributed by atoms with Crippen LogP contribution in [0.5, 0.6) is 0 Å². The van der Waals surface area contributed by atoms with Crippen molar-refractivity contribution in [2.24, 2.45) is 11.8 Å². The quantitative estimate of drug-likeness (QED) is 0.606. The molecule has 1 nitrogen and oxygen atoms in total. The van der Waals surface area contributed by atoms with Crippen LogP contribution in [0, 0.1) is 11.8 Å². The monoisotopic (exact) mass is 201 g/mol. The fraction of sp³-hybridized carbons (Fsp3) is 1.00. The summed E-state index contributed by atoms with van der Waals surface area (Å²) in [6.45, 7) is 7.07. The van der Waals surface area contributed by atoms with Crippen molar-refractivity contribution in [3.8, 4) is 0 Å². The Morgan fingerprint density at radius 1 is 1.31 bits per heavy atom. The molecule has 1 aliphatic rings. The van der Waals surface area contributed by atoms with Crippen LogP contribution >= 0.6 is 11.8 Å². The van der Waals surface area contributed by atoms with E-state index in [-0.39, 0.29) is 0 Å². The summed E-state index contributed by atoms with van der Waals surface area (Å²) in [5.74, 6) is 4.52. The summed E-state index contributed by atoms with van der Waals surface area (Å²) in [5.41, 5.74) is 0. The van der Waals surface area contributed by atoms with E-state index in [1.54, 1.807) is 0 Å². The van der Waals surface area contributed by atoms with Gasteiger partial charge in [-0.05, 0) is 43.4 Å². The Morgan fingerprint density at radius 3 is 2.69 bits per heavy atom. The highest BCUT2D eigenvalue weighted by Crippen LogP contribution is 2.27. The Balaban J connectivity index is 1.68. The Kier molecular flexibility index (Phi) is 5.88. The molecule has 1 aliphatic carbocycles. The van der Waals surface area contributed by atoms with Crippen molar-refractivity contribution in [2.75, 3.05) is 24.6 Å². The minimum Gasteiger partial charge on any atom is -0.316 e. The zero-order valence-electron chi connectivity index (χ0n) is 9.01. The summed E-state index contributed by atoms with van der Waals surface area (Å²) in [5, 5.41) is 3.51. The van der Waals surface area contributed by atoms with Gasteiger partial charge in [0.05, 0.1) is 0 Å². The lowest BCUT2D eigenvalue weighted by atomic mass is 10.2. The van der Waals surface area contributed by atoms with Crippen molar-refractivity contribution in [3.63, 3.8) is 0 Å². The predicted molar refractivity (Wildman–Crippen MR) is 62.4 cm³/mol. The van der Waals surface area contributed by atoms with Crippen molar-refractivity contribution < 1.29 is 0 Å². The molecule has 0 aliphatic heterocycles. The molecule has 1 fully saturated rings. The minimum atomic E-state index is 0.868. The number of rotatable bonds is 8. The number of hydrogen-bond acceptors (Lipinski definition) is 2. The summed E-state index contributed by atoms with van der Waals surface area (Å²) < 4.78 is 0. The third-order valence-electron chi connectivity index (χ3n) is 2.39. The number of nitrogens with one attached hydrogen (secondary N) is 1. The second-order valence-corrected chi connectivity index (χ2v) is 5.67. The van der Waals surface area contributed by atoms with E-state index in [4.69, 9.17) is 0 Å². The van der Waals surface area contributed by atoms with Crippen LogP contribution in [0.3, 0.4) is 0 Å². The standard InChI is InChI=1S/C11H23NS/c1-10(2)5-7-13-8-6-12-9-11-3-4-11/h10-12H,3-9H2,1-2H3. The Hall–Kier alpha value is 0.310. The molecule has 0 unspecified atom stereocenters. The number of hydrogen-bond donors (Lipinski definition) is 1. The third-order valence-corrected chi connectivity index (χ3v) is 3.41. The van der Waals surface area contributed by atoms with Crippen LogP contribution in [0.2, 0.25) is 0 Å². The van der Waals surface area contributed by atoms with E-state index in [0.29, 0.717) is 0 Å². The van der Waals surface area contributed by atoms with E-state index in [1.165, 1.54) is 43.9 Å². The molecule has 0 spiro atoms. The van der Waals surface area contributed by atoms with Crippen molar-refractivity contribution >= 4 is 11.8 Å². The van der Waals surface area contributed by atoms with Crippen LogP contribution in [-0.4, -0.2) is 24.6 Å². The van der Waals surface area contributed by atoms with Crippen molar-refractivity contribution in [1.29, 1.82) is 0 Å². The van der Waals surface area contributed by atoms with Gasteiger partial charge in [-0.25, -0.2) is 0 Å². The summed E-state index contributed by atoms with van der Waals surface area (Å²) in [6, 6.07) is 0. The molecule has 0 aromatic carbocycles. The zero-order chi connectivity index (χ0) is 9.52. The molecule has 0 bridgehead atoms. The van der Waals surface area contributed by atoms with E-state index >= 15 is 0 Å². The van der Waals surface area contributed by atoms with Crippen LogP contribution in [0.15, 0.2) is 0 Å². The summed E-state index contributed by atoms with van der Waals surface area (Å²) in [6.07, 6.45) is 4.30. The highest BCUT2D eigenvalue weighted by Gasteiger charge is 2.19. The SMILES string of the molecule is CC(C)CCSCCNCC1CC1. The average Bonchev–Trinajstić information content (AvgIpc) is 2.86. The van der Waals surface area contributed by atoms with Gasteiger partial charge in [0.1, 0.15) is 0 Å². The van der Waals surface area contributed by atoms with Gasteiger partial charge in [-0.3, -0.25) is 0 Å². The van der Waals surface area contributed by atoms with Crippen LogP contribution in [0.25, 0.3) is 0 Å². The van der Waals surface area contributed by atoms with E-state index in [2.05, 4.69) is 30.9 Å². The molecule has 0 saturated heterocycles. The topological polar surface area (TPSA) is 12.0 Å². The number of thioether (sulfide) groups is 1. The first-order valence-corrected chi connectivity index (χ1v) is 6.73. The molecule has 1 saturated carbocycles. The lowest BCUT2D eigenvalue weighted by molar-refractivity contribution is 0.631. The first-order chi connectivity index (χ1) is 6.29. The minimum absolute atomic E-state index is 0.868. The van der Waals surface area contributed by atoms with Gasteiger partial charge in [-0.1, -0.05) is 13.8 Å². The molecular weight excluding hydrogens is 178 g/mol. The zero-order valence-corrected chi connectivity index (χ0v) is 9.83. The van der Waals surface area contributed by atoms with Gasteiger partial charge in [0.15, 0.2) is 0 Å². The molecule has 0 radical (unpaired) electrons. The average molecular weight is 201 g/mol. The maximum atomic E-state index is 3.51.